The molecular formula is C24H22NO3. The van der Waals surface area contributed by atoms with E-state index in [9.17, 15) is 9.59 Å². The van der Waals surface area contributed by atoms with Gasteiger partial charge in [0.25, 0.3) is 0 Å². The molecule has 1 atom stereocenters. The van der Waals surface area contributed by atoms with E-state index in [1.54, 1.807) is 0 Å². The highest BCUT2D eigenvalue weighted by Gasteiger charge is 2.38. The van der Waals surface area contributed by atoms with Gasteiger partial charge >= 0.3 is 5.97 Å². The summed E-state index contributed by atoms with van der Waals surface area (Å²) in [6, 6.07) is 28.8. The molecule has 4 heteroatoms. The summed E-state index contributed by atoms with van der Waals surface area (Å²) >= 11 is 0. The Hall–Kier alpha value is -3.24. The highest BCUT2D eigenvalue weighted by atomic mass is 16.4. The van der Waals surface area contributed by atoms with Crippen molar-refractivity contribution in [3.05, 3.63) is 108 Å². The van der Waals surface area contributed by atoms with E-state index >= 15 is 0 Å². The van der Waals surface area contributed by atoms with E-state index in [0.717, 1.165) is 16.7 Å². The van der Waals surface area contributed by atoms with Crippen LogP contribution < -0.4 is 5.32 Å². The fourth-order valence-electron chi connectivity index (χ4n) is 3.50. The average molecular weight is 372 g/mol. The van der Waals surface area contributed by atoms with Gasteiger partial charge in [0.1, 0.15) is 0 Å². The number of hydrogen-bond acceptors (Lipinski definition) is 3. The summed E-state index contributed by atoms with van der Waals surface area (Å²) in [5.74, 6) is -0.938. The largest absolute Gasteiger partial charge is 0.481 e. The number of carbonyl (C=O) groups is 1. The SMILES string of the molecule is O=[C][C@H](CCC(=O)O)NC(c1ccccc1)(c1ccccc1)c1ccccc1. The third-order valence-electron chi connectivity index (χ3n) is 4.80. The van der Waals surface area contributed by atoms with Gasteiger partial charge in [0.2, 0.25) is 6.29 Å². The number of rotatable bonds is 9. The van der Waals surface area contributed by atoms with Crippen LogP contribution in [0.4, 0.5) is 0 Å². The summed E-state index contributed by atoms with van der Waals surface area (Å²) in [4.78, 5) is 22.7. The van der Waals surface area contributed by atoms with Gasteiger partial charge in [-0.15, -0.1) is 0 Å². The van der Waals surface area contributed by atoms with Gasteiger partial charge < -0.3 is 5.11 Å². The Morgan fingerprint density at radius 1 is 0.821 bits per heavy atom. The van der Waals surface area contributed by atoms with Crippen LogP contribution >= 0.6 is 0 Å². The van der Waals surface area contributed by atoms with Crippen molar-refractivity contribution in [2.45, 2.75) is 24.4 Å². The predicted octanol–water partition coefficient (Wildman–Crippen LogP) is 3.91. The Kier molecular flexibility index (Phi) is 6.35. The van der Waals surface area contributed by atoms with Crippen molar-refractivity contribution in [1.82, 2.24) is 5.32 Å². The second-order valence-electron chi connectivity index (χ2n) is 6.60. The molecule has 0 spiro atoms. The van der Waals surface area contributed by atoms with Gasteiger partial charge in [-0.3, -0.25) is 14.9 Å². The van der Waals surface area contributed by atoms with Crippen LogP contribution in [0.25, 0.3) is 0 Å². The van der Waals surface area contributed by atoms with E-state index in [0.29, 0.717) is 0 Å². The van der Waals surface area contributed by atoms with E-state index in [4.69, 9.17) is 5.11 Å². The minimum Gasteiger partial charge on any atom is -0.481 e. The molecule has 0 aliphatic rings. The van der Waals surface area contributed by atoms with Crippen molar-refractivity contribution in [2.24, 2.45) is 0 Å². The van der Waals surface area contributed by atoms with E-state index in [-0.39, 0.29) is 12.8 Å². The van der Waals surface area contributed by atoms with Gasteiger partial charge in [-0.25, -0.2) is 0 Å². The number of benzene rings is 3. The maximum absolute atomic E-state index is 11.7. The molecular weight excluding hydrogens is 350 g/mol. The molecule has 3 rings (SSSR count). The first-order valence-electron chi connectivity index (χ1n) is 9.20. The molecule has 4 nitrogen and oxygen atoms in total. The third kappa shape index (κ3) is 4.18. The predicted molar refractivity (Wildman–Crippen MR) is 109 cm³/mol. The van der Waals surface area contributed by atoms with Crippen LogP contribution in [0, 0.1) is 0 Å². The molecule has 28 heavy (non-hydrogen) atoms. The lowest BCUT2D eigenvalue weighted by Crippen LogP contribution is -2.50. The summed E-state index contributed by atoms with van der Waals surface area (Å²) in [7, 11) is 0. The number of hydrogen-bond donors (Lipinski definition) is 2. The molecule has 141 valence electrons. The highest BCUT2D eigenvalue weighted by molar-refractivity contribution is 5.68. The lowest BCUT2D eigenvalue weighted by atomic mass is 9.76. The smallest absolute Gasteiger partial charge is 0.303 e. The minimum absolute atomic E-state index is 0.110. The fourth-order valence-corrected chi connectivity index (χ4v) is 3.50. The first kappa shape index (κ1) is 19.5. The molecule has 0 aliphatic heterocycles. The molecule has 0 bridgehead atoms. The number of carboxylic acid groups (broad SMARTS) is 1. The highest BCUT2D eigenvalue weighted by Crippen LogP contribution is 2.37. The third-order valence-corrected chi connectivity index (χ3v) is 4.80. The summed E-state index contributed by atoms with van der Waals surface area (Å²) < 4.78 is 0. The zero-order chi connectivity index (χ0) is 19.8. The number of carbonyl (C=O) groups excluding carboxylic acids is 1. The Morgan fingerprint density at radius 2 is 1.21 bits per heavy atom. The second kappa shape index (κ2) is 9.11. The minimum atomic E-state index is -0.938. The summed E-state index contributed by atoms with van der Waals surface area (Å²) in [6.45, 7) is 0. The number of carboxylic acids is 1. The van der Waals surface area contributed by atoms with Gasteiger partial charge in [-0.1, -0.05) is 91.0 Å². The van der Waals surface area contributed by atoms with E-state index in [2.05, 4.69) is 5.32 Å². The van der Waals surface area contributed by atoms with E-state index in [1.807, 2.05) is 97.3 Å². The Labute approximate surface area is 164 Å². The molecule has 3 aromatic rings. The van der Waals surface area contributed by atoms with Crippen molar-refractivity contribution in [3.8, 4) is 0 Å². The number of nitrogens with one attached hydrogen (secondary N) is 1. The molecule has 0 unspecified atom stereocenters. The topological polar surface area (TPSA) is 66.4 Å². The quantitative estimate of drug-likeness (QED) is 0.559. The van der Waals surface area contributed by atoms with Crippen LogP contribution in [-0.4, -0.2) is 23.4 Å². The standard InChI is InChI=1S/C24H22NO3/c26-18-22(16-17-23(27)28)25-24(19-10-4-1-5-11-19,20-12-6-2-7-13-20)21-14-8-3-9-15-21/h1-15,22,25H,16-17H2,(H,27,28)/t22-/m0/s1. The van der Waals surface area contributed by atoms with Gasteiger partial charge in [-0.2, -0.15) is 0 Å². The Balaban J connectivity index is 2.19. The molecule has 0 amide bonds. The van der Waals surface area contributed by atoms with Crippen LogP contribution in [0.1, 0.15) is 29.5 Å². The molecule has 0 saturated heterocycles. The lowest BCUT2D eigenvalue weighted by Gasteiger charge is -2.39. The molecule has 1 radical (unpaired) electrons. The first-order valence-corrected chi connectivity index (χ1v) is 9.20. The van der Waals surface area contributed by atoms with Gasteiger partial charge in [-0.05, 0) is 23.1 Å². The summed E-state index contributed by atoms with van der Waals surface area (Å²) in [5.41, 5.74) is 2.07. The Morgan fingerprint density at radius 3 is 1.54 bits per heavy atom. The average Bonchev–Trinajstić information content (AvgIpc) is 2.76. The first-order chi connectivity index (χ1) is 13.7. The molecule has 0 fully saturated rings. The molecule has 0 aromatic heterocycles. The summed E-state index contributed by atoms with van der Waals surface area (Å²) in [6.07, 6.45) is 2.05. The number of aliphatic carboxylic acids is 1. The second-order valence-corrected chi connectivity index (χ2v) is 6.60. The lowest BCUT2D eigenvalue weighted by molar-refractivity contribution is -0.137. The molecule has 3 aromatic carbocycles. The monoisotopic (exact) mass is 372 g/mol. The van der Waals surface area contributed by atoms with Crippen molar-refractivity contribution in [3.63, 3.8) is 0 Å². The zero-order valence-electron chi connectivity index (χ0n) is 15.4. The van der Waals surface area contributed by atoms with Crippen molar-refractivity contribution < 1.29 is 14.7 Å². The maximum Gasteiger partial charge on any atom is 0.303 e. The van der Waals surface area contributed by atoms with Crippen molar-refractivity contribution in [1.29, 1.82) is 0 Å². The molecule has 0 aliphatic carbocycles. The molecule has 0 heterocycles. The van der Waals surface area contributed by atoms with Crippen molar-refractivity contribution in [2.75, 3.05) is 0 Å². The molecule has 0 saturated carbocycles. The van der Waals surface area contributed by atoms with E-state index < -0.39 is 17.6 Å². The Bertz CT molecular complexity index is 798. The van der Waals surface area contributed by atoms with Crippen molar-refractivity contribution >= 4 is 12.3 Å². The zero-order valence-corrected chi connectivity index (χ0v) is 15.4. The van der Waals surface area contributed by atoms with Gasteiger partial charge in [0.15, 0.2) is 0 Å². The van der Waals surface area contributed by atoms with E-state index in [1.165, 1.54) is 0 Å². The van der Waals surface area contributed by atoms with Crippen LogP contribution in [0.3, 0.4) is 0 Å². The van der Waals surface area contributed by atoms with Crippen LogP contribution in [-0.2, 0) is 15.1 Å². The molecule has 2 N–H and O–H groups in total. The van der Waals surface area contributed by atoms with Crippen LogP contribution in [0.5, 0.6) is 0 Å². The van der Waals surface area contributed by atoms with Crippen LogP contribution in [0.2, 0.25) is 0 Å². The fraction of sp³-hybridized carbons (Fsp3) is 0.167. The normalized spacial score (nSPS) is 12.3. The summed E-state index contributed by atoms with van der Waals surface area (Å²) in [5, 5.41) is 12.5. The maximum atomic E-state index is 11.7. The van der Waals surface area contributed by atoms with Crippen LogP contribution in [0.15, 0.2) is 91.0 Å². The van der Waals surface area contributed by atoms with Gasteiger partial charge in [0, 0.05) is 6.42 Å². The van der Waals surface area contributed by atoms with Gasteiger partial charge in [0.05, 0.1) is 11.6 Å².